The fourth-order valence-electron chi connectivity index (χ4n) is 3.74. The maximum atomic E-state index is 13.0. The highest BCUT2D eigenvalue weighted by Crippen LogP contribution is 2.32. The van der Waals surface area contributed by atoms with Crippen LogP contribution < -0.4 is 16.2 Å². The van der Waals surface area contributed by atoms with Crippen LogP contribution in [-0.2, 0) is 0 Å². The highest BCUT2D eigenvalue weighted by atomic mass is 32.1. The number of aromatic amines is 1. The molecule has 2 aromatic heterocycles. The van der Waals surface area contributed by atoms with Crippen LogP contribution in [0.2, 0.25) is 0 Å². The summed E-state index contributed by atoms with van der Waals surface area (Å²) in [6.07, 6.45) is 0. The fraction of sp³-hybridized carbons (Fsp3) is 0.0385. The maximum absolute atomic E-state index is 13.0. The molecule has 0 saturated heterocycles. The van der Waals surface area contributed by atoms with E-state index in [0.29, 0.717) is 0 Å². The lowest BCUT2D eigenvalue weighted by atomic mass is 10.1. The molecule has 4 N–H and O–H groups in total. The quantitative estimate of drug-likeness (QED) is 0.220. The molecule has 0 saturated carbocycles. The Bertz CT molecular complexity index is 1480. The minimum atomic E-state index is -0.382. The molecule has 0 aliphatic heterocycles. The number of carbonyl (C=O) groups excluding carboxylic acids is 1. The van der Waals surface area contributed by atoms with Crippen LogP contribution in [0.25, 0.3) is 33.1 Å². The largest absolute Gasteiger partial charge is 0.353 e. The summed E-state index contributed by atoms with van der Waals surface area (Å²) in [5.74, 6) is -0.382. The van der Waals surface area contributed by atoms with Crippen LogP contribution in [0.3, 0.4) is 0 Å². The van der Waals surface area contributed by atoms with Crippen LogP contribution in [0.5, 0.6) is 0 Å². The molecule has 0 unspecified atom stereocenters. The summed E-state index contributed by atoms with van der Waals surface area (Å²) in [4.78, 5) is 21.1. The normalized spacial score (nSPS) is 10.8. The van der Waals surface area contributed by atoms with Crippen molar-refractivity contribution in [3.8, 4) is 11.3 Å². The molecule has 5 rings (SSSR count). The van der Waals surface area contributed by atoms with E-state index in [4.69, 9.17) is 17.2 Å². The van der Waals surface area contributed by atoms with Gasteiger partial charge in [-0.2, -0.15) is 0 Å². The third-order valence-corrected chi connectivity index (χ3v) is 5.58. The molecule has 0 spiro atoms. The number of hydrogen-bond acceptors (Lipinski definition) is 3. The van der Waals surface area contributed by atoms with Gasteiger partial charge in [0.1, 0.15) is 5.69 Å². The van der Waals surface area contributed by atoms with Crippen LogP contribution in [0.1, 0.15) is 16.1 Å². The van der Waals surface area contributed by atoms with E-state index in [0.717, 1.165) is 44.3 Å². The van der Waals surface area contributed by atoms with E-state index in [9.17, 15) is 4.79 Å². The van der Waals surface area contributed by atoms with Crippen molar-refractivity contribution in [1.82, 2.24) is 20.8 Å². The molecule has 162 valence electrons. The van der Waals surface area contributed by atoms with Gasteiger partial charge < -0.3 is 10.3 Å². The van der Waals surface area contributed by atoms with Gasteiger partial charge in [-0.15, -0.1) is 0 Å². The summed E-state index contributed by atoms with van der Waals surface area (Å²) in [6.45, 7) is 2.02. The molecular formula is C26H21N5OS. The minimum Gasteiger partial charge on any atom is -0.353 e. The van der Waals surface area contributed by atoms with Crippen LogP contribution in [0, 0.1) is 6.92 Å². The molecule has 0 aliphatic rings. The summed E-state index contributed by atoms with van der Waals surface area (Å²) in [7, 11) is 0. The van der Waals surface area contributed by atoms with Crippen molar-refractivity contribution >= 4 is 50.7 Å². The number of para-hydroxylation sites is 1. The smallest absolute Gasteiger partial charge is 0.288 e. The average molecular weight is 452 g/mol. The molecular weight excluding hydrogens is 430 g/mol. The highest BCUT2D eigenvalue weighted by molar-refractivity contribution is 7.80. The Balaban J connectivity index is 1.44. The average Bonchev–Trinajstić information content (AvgIpc) is 3.22. The van der Waals surface area contributed by atoms with Gasteiger partial charge in [0, 0.05) is 27.5 Å². The van der Waals surface area contributed by atoms with Crippen molar-refractivity contribution in [3.05, 3.63) is 96.2 Å². The summed E-state index contributed by atoms with van der Waals surface area (Å²) in [5, 5.41) is 5.29. The summed E-state index contributed by atoms with van der Waals surface area (Å²) in [6, 6.07) is 27.4. The van der Waals surface area contributed by atoms with Crippen molar-refractivity contribution < 1.29 is 4.79 Å². The zero-order valence-corrected chi connectivity index (χ0v) is 18.7. The molecule has 6 nitrogen and oxygen atoms in total. The van der Waals surface area contributed by atoms with Gasteiger partial charge in [0.15, 0.2) is 5.11 Å². The summed E-state index contributed by atoms with van der Waals surface area (Å²) >= 11 is 5.30. The predicted molar refractivity (Wildman–Crippen MR) is 137 cm³/mol. The number of amides is 1. The standard InChI is InChI=1S/C26H21N5OS/c1-16-11-13-18(14-12-16)27-26(33)31-30-25(32)22-15-20-19-9-5-6-10-21(19)28-24(20)23(29-22)17-7-3-2-4-8-17/h2-15,28H,1H3,(H,30,32)(H2,27,31,33). The van der Waals surface area contributed by atoms with E-state index in [2.05, 4.69) is 21.2 Å². The Morgan fingerprint density at radius 2 is 1.61 bits per heavy atom. The first-order valence-electron chi connectivity index (χ1n) is 10.5. The second-order valence-electron chi connectivity index (χ2n) is 7.71. The predicted octanol–water partition coefficient (Wildman–Crippen LogP) is 5.32. The van der Waals surface area contributed by atoms with Gasteiger partial charge in [-0.3, -0.25) is 15.6 Å². The molecule has 0 fully saturated rings. The highest BCUT2D eigenvalue weighted by Gasteiger charge is 2.17. The van der Waals surface area contributed by atoms with Gasteiger partial charge in [-0.05, 0) is 43.4 Å². The maximum Gasteiger partial charge on any atom is 0.288 e. The Labute approximate surface area is 196 Å². The van der Waals surface area contributed by atoms with Crippen molar-refractivity contribution in [2.24, 2.45) is 0 Å². The lowest BCUT2D eigenvalue weighted by Crippen LogP contribution is -2.44. The third kappa shape index (κ3) is 4.26. The second kappa shape index (κ2) is 8.72. The first-order chi connectivity index (χ1) is 16.1. The third-order valence-electron chi connectivity index (χ3n) is 5.38. The molecule has 0 bridgehead atoms. The number of rotatable bonds is 3. The number of fused-ring (bicyclic) bond motifs is 3. The Morgan fingerprint density at radius 1 is 0.879 bits per heavy atom. The number of H-pyrrole nitrogens is 1. The lowest BCUT2D eigenvalue weighted by molar-refractivity contribution is 0.0939. The minimum absolute atomic E-state index is 0.281. The number of pyridine rings is 1. The van der Waals surface area contributed by atoms with Crippen LogP contribution in [-0.4, -0.2) is 21.0 Å². The van der Waals surface area contributed by atoms with E-state index in [1.807, 2.05) is 85.8 Å². The number of nitrogens with one attached hydrogen (secondary N) is 4. The van der Waals surface area contributed by atoms with E-state index in [-0.39, 0.29) is 16.7 Å². The van der Waals surface area contributed by atoms with Crippen molar-refractivity contribution in [1.29, 1.82) is 0 Å². The topological polar surface area (TPSA) is 81.8 Å². The van der Waals surface area contributed by atoms with Crippen molar-refractivity contribution in [3.63, 3.8) is 0 Å². The molecule has 0 radical (unpaired) electrons. The van der Waals surface area contributed by atoms with Crippen molar-refractivity contribution in [2.45, 2.75) is 6.92 Å². The molecule has 1 amide bonds. The zero-order chi connectivity index (χ0) is 22.8. The fourth-order valence-corrected chi connectivity index (χ4v) is 3.91. The van der Waals surface area contributed by atoms with E-state index in [1.54, 1.807) is 6.07 Å². The number of anilines is 1. The SMILES string of the molecule is Cc1ccc(NC(=S)NNC(=O)c2cc3c([nH]c4ccccc43)c(-c3ccccc3)n2)cc1. The molecule has 0 aliphatic carbocycles. The number of thiocarbonyl (C=S) groups is 1. The molecule has 33 heavy (non-hydrogen) atoms. The monoisotopic (exact) mass is 451 g/mol. The Kier molecular flexibility index (Phi) is 5.46. The zero-order valence-electron chi connectivity index (χ0n) is 17.8. The van der Waals surface area contributed by atoms with E-state index < -0.39 is 0 Å². The lowest BCUT2D eigenvalue weighted by Gasteiger charge is -2.12. The number of carbonyl (C=O) groups is 1. The molecule has 0 atom stereocenters. The first kappa shape index (κ1) is 20.7. The van der Waals surface area contributed by atoms with Gasteiger partial charge >= 0.3 is 0 Å². The van der Waals surface area contributed by atoms with Gasteiger partial charge in [0.2, 0.25) is 0 Å². The number of hydrogen-bond donors (Lipinski definition) is 4. The number of aryl methyl sites for hydroxylation is 1. The number of hydrazine groups is 1. The van der Waals surface area contributed by atoms with Gasteiger partial charge in [-0.1, -0.05) is 66.2 Å². The van der Waals surface area contributed by atoms with Crippen LogP contribution >= 0.6 is 12.2 Å². The number of nitrogens with zero attached hydrogens (tertiary/aromatic N) is 1. The van der Waals surface area contributed by atoms with Gasteiger partial charge in [0.25, 0.3) is 5.91 Å². The molecule has 2 heterocycles. The van der Waals surface area contributed by atoms with Crippen LogP contribution in [0.4, 0.5) is 5.69 Å². The summed E-state index contributed by atoms with van der Waals surface area (Å²) < 4.78 is 0. The second-order valence-corrected chi connectivity index (χ2v) is 8.12. The molecule has 3 aromatic carbocycles. The summed E-state index contributed by atoms with van der Waals surface area (Å²) in [5.41, 5.74) is 11.2. The van der Waals surface area contributed by atoms with Gasteiger partial charge in [-0.25, -0.2) is 4.98 Å². The molecule has 5 aromatic rings. The number of benzene rings is 3. The molecule has 7 heteroatoms. The van der Waals surface area contributed by atoms with E-state index in [1.165, 1.54) is 0 Å². The first-order valence-corrected chi connectivity index (χ1v) is 10.9. The van der Waals surface area contributed by atoms with Crippen molar-refractivity contribution in [2.75, 3.05) is 5.32 Å². The number of aromatic nitrogens is 2. The van der Waals surface area contributed by atoms with Crippen LogP contribution in [0.15, 0.2) is 84.9 Å². The Morgan fingerprint density at radius 3 is 2.39 bits per heavy atom. The Hall–Kier alpha value is -4.23. The van der Waals surface area contributed by atoms with E-state index >= 15 is 0 Å². The van der Waals surface area contributed by atoms with Gasteiger partial charge in [0.05, 0.1) is 11.2 Å².